The number of carbonyl (C=O) groups is 1. The first-order valence-electron chi connectivity index (χ1n) is 14.6. The quantitative estimate of drug-likeness (QED) is 0.405. The Morgan fingerprint density at radius 1 is 0.972 bits per heavy atom. The first kappa shape index (κ1) is 26.9. The Morgan fingerprint density at radius 3 is 2.31 bits per heavy atom. The van der Waals surface area contributed by atoms with E-state index in [1.807, 2.05) is 0 Å². The van der Waals surface area contributed by atoms with E-state index in [1.54, 1.807) is 0 Å². The van der Waals surface area contributed by atoms with Gasteiger partial charge in [0.05, 0.1) is 12.2 Å². The molecule has 5 fully saturated rings. The minimum atomic E-state index is -3.78. The minimum absolute atomic E-state index is 0.0276. The lowest BCUT2D eigenvalue weighted by atomic mass is 9.41. The third-order valence-electron chi connectivity index (χ3n) is 11.8. The molecule has 0 aromatic rings. The molecule has 0 aromatic heterocycles. The van der Waals surface area contributed by atoms with Crippen LogP contribution in [0.2, 0.25) is 0 Å². The van der Waals surface area contributed by atoms with Crippen LogP contribution in [-0.4, -0.2) is 42.8 Å². The maximum absolute atomic E-state index is 12.7. The van der Waals surface area contributed by atoms with Gasteiger partial charge in [-0.2, -0.15) is 13.1 Å². The van der Waals surface area contributed by atoms with Crippen molar-refractivity contribution in [1.29, 1.82) is 0 Å². The Bertz CT molecular complexity index is 954. The van der Waals surface area contributed by atoms with Gasteiger partial charge in [0.15, 0.2) is 0 Å². The zero-order chi connectivity index (χ0) is 26.0. The number of rotatable bonds is 7. The smallest absolute Gasteiger partial charge is 0.301 e. The predicted molar refractivity (Wildman–Crippen MR) is 139 cm³/mol. The van der Waals surface area contributed by atoms with E-state index >= 15 is 0 Å². The average Bonchev–Trinajstić information content (AvgIpc) is 3.51. The summed E-state index contributed by atoms with van der Waals surface area (Å²) in [6.07, 6.45) is 9.33. The van der Waals surface area contributed by atoms with Crippen LogP contribution in [0, 0.1) is 52.3 Å². The molecule has 5 saturated carbocycles. The van der Waals surface area contributed by atoms with Crippen molar-refractivity contribution in [2.45, 2.75) is 117 Å². The molecule has 206 valence electrons. The van der Waals surface area contributed by atoms with Gasteiger partial charge < -0.3 is 10.2 Å². The molecule has 8 heteroatoms. The number of nitrogens with one attached hydrogen (secondary N) is 2. The summed E-state index contributed by atoms with van der Waals surface area (Å²) < 4.78 is 29.2. The van der Waals surface area contributed by atoms with Crippen molar-refractivity contribution in [3.05, 3.63) is 0 Å². The van der Waals surface area contributed by atoms with Crippen LogP contribution in [0.3, 0.4) is 0 Å². The summed E-state index contributed by atoms with van der Waals surface area (Å²) in [5.41, 5.74) is 0.236. The van der Waals surface area contributed by atoms with Crippen LogP contribution < -0.4 is 9.44 Å². The Morgan fingerprint density at radius 2 is 1.64 bits per heavy atom. The Hall–Kier alpha value is -0.700. The molecule has 5 rings (SSSR count). The van der Waals surface area contributed by atoms with Crippen molar-refractivity contribution in [3.63, 3.8) is 0 Å². The maximum Gasteiger partial charge on any atom is 0.301 e. The van der Waals surface area contributed by atoms with Crippen molar-refractivity contribution in [2.24, 2.45) is 52.3 Å². The van der Waals surface area contributed by atoms with E-state index in [1.165, 1.54) is 0 Å². The molecule has 0 radical (unpaired) electrons. The fraction of sp³-hybridized carbons (Fsp3) is 0.964. The molecule has 7 nitrogen and oxygen atoms in total. The number of fused-ring (bicyclic) bond motifs is 5. The lowest BCUT2D eigenvalue weighted by Gasteiger charge is -2.64. The van der Waals surface area contributed by atoms with E-state index in [0.29, 0.717) is 23.7 Å². The molecular weight excluding hydrogens is 476 g/mol. The second kappa shape index (κ2) is 9.49. The van der Waals surface area contributed by atoms with Gasteiger partial charge in [0.25, 0.3) is 0 Å². The topological polar surface area (TPSA) is 116 Å². The first-order valence-corrected chi connectivity index (χ1v) is 16.1. The molecule has 0 spiro atoms. The fourth-order valence-electron chi connectivity index (χ4n) is 10.0. The number of hydrogen-bond donors (Lipinski definition) is 4. The van der Waals surface area contributed by atoms with Crippen LogP contribution in [0.25, 0.3) is 0 Å². The van der Waals surface area contributed by atoms with E-state index in [4.69, 9.17) is 0 Å². The van der Waals surface area contributed by atoms with Crippen molar-refractivity contribution in [1.82, 2.24) is 9.44 Å². The predicted octanol–water partition coefficient (Wildman–Crippen LogP) is 3.75. The molecule has 5 aliphatic carbocycles. The highest BCUT2D eigenvalue weighted by atomic mass is 32.2. The molecule has 36 heavy (non-hydrogen) atoms. The molecule has 0 aliphatic heterocycles. The molecule has 4 N–H and O–H groups in total. The number of aliphatic hydroxyl groups excluding tert-OH is 2. The molecule has 1 amide bonds. The summed E-state index contributed by atoms with van der Waals surface area (Å²) in [4.78, 5) is 12.7. The number of amides is 1. The molecule has 0 unspecified atom stereocenters. The third-order valence-corrected chi connectivity index (χ3v) is 12.9. The molecule has 0 heterocycles. The standard InChI is InChI=1S/C28H48N2O5S/c1-5-19-23-15-18(31)10-12-28(23,4)22-11-13-27(3)20(8-9-21(27)25(22)26(19)33)16(2)14-24(32)30-36(34,35)29-17-6-7-17/h16-23,25-26,29,31,33H,5-15H2,1-4H3,(H,30,32)/t16-,18+,19+,20+,21-,22-,23-,25-,26+,27+,28+/m0/s1. The summed E-state index contributed by atoms with van der Waals surface area (Å²) in [5, 5.41) is 22.3. The zero-order valence-corrected chi connectivity index (χ0v) is 23.4. The van der Waals surface area contributed by atoms with Crippen molar-refractivity contribution in [2.75, 3.05) is 0 Å². The van der Waals surface area contributed by atoms with Gasteiger partial charge in [-0.05, 0) is 110 Å². The second-order valence-electron chi connectivity index (χ2n) is 13.7. The molecule has 5 aliphatic rings. The summed E-state index contributed by atoms with van der Waals surface area (Å²) in [7, 11) is -3.78. The number of aliphatic hydroxyl groups is 2. The monoisotopic (exact) mass is 524 g/mol. The average molecular weight is 525 g/mol. The van der Waals surface area contributed by atoms with Crippen molar-refractivity contribution in [3.8, 4) is 0 Å². The van der Waals surface area contributed by atoms with Gasteiger partial charge in [-0.1, -0.05) is 34.1 Å². The van der Waals surface area contributed by atoms with Gasteiger partial charge in [0, 0.05) is 12.5 Å². The van der Waals surface area contributed by atoms with E-state index in [0.717, 1.165) is 64.2 Å². The summed E-state index contributed by atoms with van der Waals surface area (Å²) in [6.45, 7) is 9.14. The second-order valence-corrected chi connectivity index (χ2v) is 15.2. The summed E-state index contributed by atoms with van der Waals surface area (Å²) in [6, 6.07) is -0.0276. The molecule has 0 saturated heterocycles. The van der Waals surface area contributed by atoms with Gasteiger partial charge in [-0.3, -0.25) is 4.79 Å². The van der Waals surface area contributed by atoms with Crippen LogP contribution in [0.4, 0.5) is 0 Å². The van der Waals surface area contributed by atoms with E-state index < -0.39 is 16.1 Å². The summed E-state index contributed by atoms with van der Waals surface area (Å²) >= 11 is 0. The van der Waals surface area contributed by atoms with Crippen molar-refractivity contribution >= 4 is 16.1 Å². The van der Waals surface area contributed by atoms with E-state index in [9.17, 15) is 23.4 Å². The van der Waals surface area contributed by atoms with Crippen LogP contribution in [0.15, 0.2) is 0 Å². The lowest BCUT2D eigenvalue weighted by molar-refractivity contribution is -0.203. The van der Waals surface area contributed by atoms with Gasteiger partial charge in [-0.15, -0.1) is 0 Å². The maximum atomic E-state index is 12.7. The number of hydrogen-bond acceptors (Lipinski definition) is 5. The van der Waals surface area contributed by atoms with E-state index in [-0.39, 0.29) is 53.3 Å². The van der Waals surface area contributed by atoms with Crippen LogP contribution >= 0.6 is 0 Å². The highest BCUT2D eigenvalue weighted by molar-refractivity contribution is 7.88. The highest BCUT2D eigenvalue weighted by Crippen LogP contribution is 2.69. The molecule has 11 atom stereocenters. The fourth-order valence-corrected chi connectivity index (χ4v) is 11.1. The van der Waals surface area contributed by atoms with Gasteiger partial charge >= 0.3 is 10.2 Å². The van der Waals surface area contributed by atoms with Gasteiger partial charge in [-0.25, -0.2) is 4.72 Å². The van der Waals surface area contributed by atoms with Gasteiger partial charge in [0.2, 0.25) is 5.91 Å². The third kappa shape index (κ3) is 4.56. The SMILES string of the molecule is CC[C@H]1[C@@H](O)[C@@H]2[C@H](CC[C@]3(C)[C@@H]([C@@H](C)CC(=O)NS(=O)(=O)NC4CC4)CC[C@@H]23)[C@@]2(C)CC[C@@H](O)C[C@@H]12. The molecular formula is C28H48N2O5S. The largest absolute Gasteiger partial charge is 0.393 e. The Balaban J connectivity index is 1.32. The van der Waals surface area contributed by atoms with Crippen molar-refractivity contribution < 1.29 is 23.4 Å². The summed E-state index contributed by atoms with van der Waals surface area (Å²) in [5.74, 6) is 1.83. The van der Waals surface area contributed by atoms with Crippen LogP contribution in [-0.2, 0) is 15.0 Å². The first-order chi connectivity index (χ1) is 16.9. The van der Waals surface area contributed by atoms with Crippen LogP contribution in [0.5, 0.6) is 0 Å². The highest BCUT2D eigenvalue weighted by Gasteiger charge is 2.64. The Kier molecular flexibility index (Phi) is 7.09. The Labute approximate surface area is 217 Å². The molecule has 0 aromatic carbocycles. The lowest BCUT2D eigenvalue weighted by Crippen LogP contribution is -2.62. The zero-order valence-electron chi connectivity index (χ0n) is 22.6. The number of carbonyl (C=O) groups excluding carboxylic acids is 1. The minimum Gasteiger partial charge on any atom is -0.393 e. The van der Waals surface area contributed by atoms with Crippen LogP contribution in [0.1, 0.15) is 98.3 Å². The molecule has 0 bridgehead atoms. The normalized spacial score (nSPS) is 47.4. The van der Waals surface area contributed by atoms with Gasteiger partial charge in [0.1, 0.15) is 0 Å². The van der Waals surface area contributed by atoms with E-state index in [2.05, 4.69) is 37.1 Å².